The number of nitrogens with one attached hydrogen (secondary N) is 2. The van der Waals surface area contributed by atoms with Crippen LogP contribution in [-0.2, 0) is 25.7 Å². The summed E-state index contributed by atoms with van der Waals surface area (Å²) in [6.45, 7) is 0.312. The van der Waals surface area contributed by atoms with E-state index in [1.54, 1.807) is 18.2 Å². The average molecular weight is 466 g/mol. The van der Waals surface area contributed by atoms with Gasteiger partial charge in [0.05, 0.1) is 17.4 Å². The molecule has 2 N–H and O–H groups in total. The zero-order valence-corrected chi connectivity index (χ0v) is 18.6. The van der Waals surface area contributed by atoms with Gasteiger partial charge in [-0.3, -0.25) is 24.5 Å². The molecule has 3 rings (SSSR count). The molecule has 178 valence electrons. The van der Waals surface area contributed by atoms with Crippen LogP contribution in [-0.4, -0.2) is 29.3 Å². The fourth-order valence-corrected chi connectivity index (χ4v) is 3.55. The molecule has 34 heavy (non-hydrogen) atoms. The van der Waals surface area contributed by atoms with Crippen LogP contribution in [0.5, 0.6) is 0 Å². The number of nitrogens with zero attached hydrogens (tertiary/aromatic N) is 1. The Labute approximate surface area is 197 Å². The van der Waals surface area contributed by atoms with E-state index in [4.69, 9.17) is 4.74 Å². The number of esters is 1. The number of carbonyl (C=O) groups excluding carboxylic acids is 3. The van der Waals surface area contributed by atoms with Crippen LogP contribution in [0.3, 0.4) is 0 Å². The fraction of sp³-hybridized carbons (Fsp3) is 0.320. The van der Waals surface area contributed by atoms with E-state index >= 15 is 0 Å². The number of non-ortho nitro benzene ring substituents is 1. The van der Waals surface area contributed by atoms with Crippen LogP contribution in [0.1, 0.15) is 42.9 Å². The number of nitro groups is 1. The zero-order chi connectivity index (χ0) is 24.3. The number of allylic oxidation sites excluding steroid dienone is 2. The largest absolute Gasteiger partial charge is 0.456 e. The van der Waals surface area contributed by atoms with Crippen molar-refractivity contribution in [1.29, 1.82) is 0 Å². The minimum Gasteiger partial charge on any atom is -0.456 e. The molecule has 0 spiro atoms. The quantitative estimate of drug-likeness (QED) is 0.291. The molecule has 9 nitrogen and oxygen atoms in total. The molecule has 2 aromatic carbocycles. The Morgan fingerprint density at radius 3 is 2.53 bits per heavy atom. The first kappa shape index (κ1) is 24.6. The lowest BCUT2D eigenvalue weighted by Crippen LogP contribution is -2.37. The topological polar surface area (TPSA) is 128 Å². The highest BCUT2D eigenvalue weighted by Gasteiger charge is 2.24. The van der Waals surface area contributed by atoms with Crippen molar-refractivity contribution in [2.45, 2.75) is 38.3 Å². The van der Waals surface area contributed by atoms with Crippen molar-refractivity contribution in [3.63, 3.8) is 0 Å². The lowest BCUT2D eigenvalue weighted by atomic mass is 9.98. The van der Waals surface area contributed by atoms with Crippen molar-refractivity contribution in [3.05, 3.63) is 88.0 Å². The fourth-order valence-electron chi connectivity index (χ4n) is 3.55. The van der Waals surface area contributed by atoms with Crippen molar-refractivity contribution in [2.24, 2.45) is 5.92 Å². The van der Waals surface area contributed by atoms with E-state index in [1.165, 1.54) is 12.1 Å². The lowest BCUT2D eigenvalue weighted by molar-refractivity contribution is -0.384. The van der Waals surface area contributed by atoms with Crippen LogP contribution in [0.2, 0.25) is 0 Å². The Morgan fingerprint density at radius 2 is 1.82 bits per heavy atom. The highest BCUT2D eigenvalue weighted by molar-refractivity contribution is 5.86. The van der Waals surface area contributed by atoms with Gasteiger partial charge < -0.3 is 15.4 Å². The zero-order valence-electron chi connectivity index (χ0n) is 18.6. The summed E-state index contributed by atoms with van der Waals surface area (Å²) in [5, 5.41) is 16.3. The number of rotatable bonds is 6. The van der Waals surface area contributed by atoms with E-state index in [9.17, 15) is 24.5 Å². The molecular formula is C25H27N3O6. The maximum Gasteiger partial charge on any atom is 0.306 e. The SMILES string of the molecule is O=C(C[C@@H]1C/C=C/CCC(=O)OC(c2ccccc2)CNC1=O)NCc1ccc([N+](=O)[O-])cc1. The Bertz CT molecular complexity index is 1040. The first-order valence-electron chi connectivity index (χ1n) is 11.1. The predicted octanol–water partition coefficient (Wildman–Crippen LogP) is 3.36. The van der Waals surface area contributed by atoms with Crippen LogP contribution in [0.15, 0.2) is 66.7 Å². The molecule has 2 atom stereocenters. The molecular weight excluding hydrogens is 438 g/mol. The van der Waals surface area contributed by atoms with Crippen LogP contribution < -0.4 is 10.6 Å². The number of amides is 2. The standard InChI is InChI=1S/C25H27N3O6/c29-23(26-16-18-11-13-21(14-12-18)28(32)33)15-20-9-5-2-6-10-24(30)34-22(17-27-25(20)31)19-7-3-1-4-8-19/h1-5,7-8,11-14,20,22H,6,9-10,15-17H2,(H,26,29)(H,27,31)/b5-2+/t20-,22?/m0/s1. The summed E-state index contributed by atoms with van der Waals surface area (Å²) in [6, 6.07) is 15.1. The maximum atomic E-state index is 12.9. The predicted molar refractivity (Wildman–Crippen MR) is 124 cm³/mol. The van der Waals surface area contributed by atoms with Crippen LogP contribution in [0.25, 0.3) is 0 Å². The van der Waals surface area contributed by atoms with E-state index in [0.717, 1.165) is 11.1 Å². The molecule has 0 aromatic heterocycles. The van der Waals surface area contributed by atoms with E-state index in [2.05, 4.69) is 10.6 Å². The van der Waals surface area contributed by atoms with Gasteiger partial charge in [-0.1, -0.05) is 54.6 Å². The first-order valence-corrected chi connectivity index (χ1v) is 11.1. The van der Waals surface area contributed by atoms with Gasteiger partial charge in [-0.2, -0.15) is 0 Å². The lowest BCUT2D eigenvalue weighted by Gasteiger charge is -2.21. The molecule has 0 saturated heterocycles. The van der Waals surface area contributed by atoms with Crippen molar-refractivity contribution in [2.75, 3.05) is 6.54 Å². The van der Waals surface area contributed by atoms with E-state index in [0.29, 0.717) is 12.8 Å². The molecule has 9 heteroatoms. The molecule has 0 fully saturated rings. The van der Waals surface area contributed by atoms with Gasteiger partial charge in [0, 0.05) is 31.5 Å². The van der Waals surface area contributed by atoms with E-state index < -0.39 is 16.9 Å². The Hall–Kier alpha value is -4.01. The Morgan fingerprint density at radius 1 is 1.09 bits per heavy atom. The molecule has 2 amide bonds. The Balaban J connectivity index is 1.61. The number of cyclic esters (lactones) is 1. The van der Waals surface area contributed by atoms with Gasteiger partial charge in [0.15, 0.2) is 0 Å². The van der Waals surface area contributed by atoms with Crippen molar-refractivity contribution in [3.8, 4) is 0 Å². The molecule has 0 saturated carbocycles. The minimum absolute atomic E-state index is 0.0149. The van der Waals surface area contributed by atoms with Gasteiger partial charge in [-0.05, 0) is 24.0 Å². The van der Waals surface area contributed by atoms with Gasteiger partial charge in [0.1, 0.15) is 6.10 Å². The van der Waals surface area contributed by atoms with Crippen molar-refractivity contribution < 1.29 is 24.0 Å². The van der Waals surface area contributed by atoms with Gasteiger partial charge >= 0.3 is 5.97 Å². The number of carbonyl (C=O) groups is 3. The van der Waals surface area contributed by atoms with E-state index in [-0.39, 0.29) is 49.4 Å². The second-order valence-corrected chi connectivity index (χ2v) is 7.98. The van der Waals surface area contributed by atoms with Crippen LogP contribution in [0.4, 0.5) is 5.69 Å². The van der Waals surface area contributed by atoms with Crippen LogP contribution in [0, 0.1) is 16.0 Å². The molecule has 0 radical (unpaired) electrons. The molecule has 1 unspecified atom stereocenters. The second kappa shape index (κ2) is 12.3. The summed E-state index contributed by atoms with van der Waals surface area (Å²) < 4.78 is 5.58. The highest BCUT2D eigenvalue weighted by Crippen LogP contribution is 2.20. The van der Waals surface area contributed by atoms with Crippen LogP contribution >= 0.6 is 0 Å². The summed E-state index contributed by atoms with van der Waals surface area (Å²) in [5.41, 5.74) is 1.47. The first-order chi connectivity index (χ1) is 16.4. The normalized spacial score (nSPS) is 20.1. The maximum absolute atomic E-state index is 12.9. The third kappa shape index (κ3) is 7.54. The van der Waals surface area contributed by atoms with E-state index in [1.807, 2.05) is 36.4 Å². The minimum atomic E-state index is -0.613. The molecule has 1 heterocycles. The molecule has 2 aromatic rings. The molecule has 0 aliphatic carbocycles. The van der Waals surface area contributed by atoms with Gasteiger partial charge in [0.25, 0.3) is 5.69 Å². The number of ether oxygens (including phenoxy) is 1. The molecule has 1 aliphatic heterocycles. The van der Waals surface area contributed by atoms with Gasteiger partial charge in [0.2, 0.25) is 11.8 Å². The summed E-state index contributed by atoms with van der Waals surface area (Å²) in [4.78, 5) is 47.8. The summed E-state index contributed by atoms with van der Waals surface area (Å²) in [7, 11) is 0. The monoisotopic (exact) mass is 465 g/mol. The average Bonchev–Trinajstić information content (AvgIpc) is 2.84. The smallest absolute Gasteiger partial charge is 0.306 e. The third-order valence-electron chi connectivity index (χ3n) is 5.45. The number of nitro benzene ring substituents is 1. The second-order valence-electron chi connectivity index (χ2n) is 7.98. The number of benzene rings is 2. The molecule has 1 aliphatic rings. The number of hydrogen-bond donors (Lipinski definition) is 2. The summed E-state index contributed by atoms with van der Waals surface area (Å²) in [5.74, 6) is -1.52. The Kier molecular flexibility index (Phi) is 8.90. The number of hydrogen-bond acceptors (Lipinski definition) is 6. The van der Waals surface area contributed by atoms with Gasteiger partial charge in [-0.25, -0.2) is 0 Å². The van der Waals surface area contributed by atoms with Crippen molar-refractivity contribution >= 4 is 23.5 Å². The van der Waals surface area contributed by atoms with Gasteiger partial charge in [-0.15, -0.1) is 0 Å². The van der Waals surface area contributed by atoms with Crippen molar-refractivity contribution in [1.82, 2.24) is 10.6 Å². The third-order valence-corrected chi connectivity index (χ3v) is 5.45. The summed E-state index contributed by atoms with van der Waals surface area (Å²) in [6.07, 6.45) is 4.07. The summed E-state index contributed by atoms with van der Waals surface area (Å²) >= 11 is 0. The molecule has 0 bridgehead atoms. The highest BCUT2D eigenvalue weighted by atomic mass is 16.6.